The summed E-state index contributed by atoms with van der Waals surface area (Å²) in [7, 11) is 0. The molecule has 0 bridgehead atoms. The molecule has 0 saturated heterocycles. The second kappa shape index (κ2) is 5.12. The van der Waals surface area contributed by atoms with Gasteiger partial charge in [-0.25, -0.2) is 0 Å². The molecular weight excluding hydrogens is 272 g/mol. The normalized spacial score (nSPS) is 17.4. The second-order valence-electron chi connectivity index (χ2n) is 4.15. The number of hydrogen-bond donors (Lipinski definition) is 2. The molecule has 1 aromatic heterocycles. The molecule has 1 saturated carbocycles. The van der Waals surface area contributed by atoms with Gasteiger partial charge in [0.15, 0.2) is 0 Å². The average Bonchev–Trinajstić information content (AvgIpc) is 3.06. The standard InChI is InChI=1S/C11H15BrN2O2/c12-10-2-1-5-14(11(10)16)7-9(15)6-13-8-3-4-8/h1-2,5,8-9,13,15H,3-4,6-7H2. The molecule has 2 N–H and O–H groups in total. The van der Waals surface area contributed by atoms with Crippen LogP contribution in [-0.4, -0.2) is 28.4 Å². The largest absolute Gasteiger partial charge is 0.390 e. The number of rotatable bonds is 5. The van der Waals surface area contributed by atoms with Gasteiger partial charge >= 0.3 is 0 Å². The number of aromatic nitrogens is 1. The van der Waals surface area contributed by atoms with Crippen molar-refractivity contribution in [3.63, 3.8) is 0 Å². The van der Waals surface area contributed by atoms with Crippen LogP contribution in [0.5, 0.6) is 0 Å². The van der Waals surface area contributed by atoms with E-state index >= 15 is 0 Å². The SMILES string of the molecule is O=c1c(Br)cccn1CC(O)CNC1CC1. The van der Waals surface area contributed by atoms with Gasteiger partial charge < -0.3 is 15.0 Å². The summed E-state index contributed by atoms with van der Waals surface area (Å²) in [4.78, 5) is 11.6. The Balaban J connectivity index is 1.91. The van der Waals surface area contributed by atoms with Crippen LogP contribution < -0.4 is 10.9 Å². The average molecular weight is 287 g/mol. The van der Waals surface area contributed by atoms with Crippen LogP contribution in [0.4, 0.5) is 0 Å². The Bertz CT molecular complexity index is 415. The third kappa shape index (κ3) is 3.17. The number of nitrogens with zero attached hydrogens (tertiary/aromatic N) is 1. The first-order valence-corrected chi connectivity index (χ1v) is 6.22. The minimum absolute atomic E-state index is 0.104. The van der Waals surface area contributed by atoms with Crippen molar-refractivity contribution in [3.8, 4) is 0 Å². The lowest BCUT2D eigenvalue weighted by Crippen LogP contribution is -2.34. The zero-order valence-electron chi connectivity index (χ0n) is 8.90. The number of halogens is 1. The Labute approximate surface area is 102 Å². The van der Waals surface area contributed by atoms with Crippen molar-refractivity contribution in [2.75, 3.05) is 6.54 Å². The fraction of sp³-hybridized carbons (Fsp3) is 0.545. The van der Waals surface area contributed by atoms with E-state index in [1.54, 1.807) is 18.3 Å². The molecule has 16 heavy (non-hydrogen) atoms. The molecule has 1 heterocycles. The molecule has 1 fully saturated rings. The molecule has 2 rings (SSSR count). The second-order valence-corrected chi connectivity index (χ2v) is 5.00. The van der Waals surface area contributed by atoms with Gasteiger partial charge in [0.05, 0.1) is 17.1 Å². The fourth-order valence-corrected chi connectivity index (χ4v) is 1.91. The van der Waals surface area contributed by atoms with Gasteiger partial charge in [-0.1, -0.05) is 0 Å². The monoisotopic (exact) mass is 286 g/mol. The quantitative estimate of drug-likeness (QED) is 0.839. The third-order valence-electron chi connectivity index (χ3n) is 2.60. The first-order chi connectivity index (χ1) is 7.66. The molecule has 1 unspecified atom stereocenters. The molecule has 0 aliphatic heterocycles. The Morgan fingerprint density at radius 2 is 2.38 bits per heavy atom. The van der Waals surface area contributed by atoms with Gasteiger partial charge in [-0.2, -0.15) is 0 Å². The van der Waals surface area contributed by atoms with E-state index in [9.17, 15) is 9.90 Å². The van der Waals surface area contributed by atoms with Crippen molar-refractivity contribution in [1.29, 1.82) is 0 Å². The van der Waals surface area contributed by atoms with Gasteiger partial charge in [0.25, 0.3) is 5.56 Å². The molecule has 0 amide bonds. The number of nitrogens with one attached hydrogen (secondary N) is 1. The van der Waals surface area contributed by atoms with Crippen LogP contribution in [0.2, 0.25) is 0 Å². The number of pyridine rings is 1. The highest BCUT2D eigenvalue weighted by atomic mass is 79.9. The summed E-state index contributed by atoms with van der Waals surface area (Å²) in [5.74, 6) is 0. The number of aliphatic hydroxyl groups excluding tert-OH is 1. The van der Waals surface area contributed by atoms with Crippen molar-refractivity contribution in [3.05, 3.63) is 33.2 Å². The zero-order valence-corrected chi connectivity index (χ0v) is 10.5. The lowest BCUT2D eigenvalue weighted by atomic mass is 10.3. The molecule has 4 nitrogen and oxygen atoms in total. The minimum atomic E-state index is -0.521. The molecule has 5 heteroatoms. The van der Waals surface area contributed by atoms with Crippen molar-refractivity contribution in [2.45, 2.75) is 31.5 Å². The molecule has 1 atom stereocenters. The summed E-state index contributed by atoms with van der Waals surface area (Å²) >= 11 is 3.18. The smallest absolute Gasteiger partial charge is 0.264 e. The predicted octanol–water partition coefficient (Wildman–Crippen LogP) is 0.724. The van der Waals surface area contributed by atoms with Crippen molar-refractivity contribution in [1.82, 2.24) is 9.88 Å². The Morgan fingerprint density at radius 1 is 1.62 bits per heavy atom. The molecule has 88 valence electrons. The highest BCUT2D eigenvalue weighted by Crippen LogP contribution is 2.18. The van der Waals surface area contributed by atoms with E-state index in [0.717, 1.165) is 0 Å². The topological polar surface area (TPSA) is 54.3 Å². The van der Waals surface area contributed by atoms with Crippen molar-refractivity contribution in [2.24, 2.45) is 0 Å². The van der Waals surface area contributed by atoms with Crippen LogP contribution in [0.3, 0.4) is 0 Å². The van der Waals surface area contributed by atoms with E-state index < -0.39 is 6.10 Å². The molecule has 0 radical (unpaired) electrons. The van der Waals surface area contributed by atoms with Gasteiger partial charge in [-0.05, 0) is 40.9 Å². The van der Waals surface area contributed by atoms with E-state index in [1.165, 1.54) is 17.4 Å². The van der Waals surface area contributed by atoms with E-state index in [1.807, 2.05) is 0 Å². The maximum Gasteiger partial charge on any atom is 0.264 e. The lowest BCUT2D eigenvalue weighted by molar-refractivity contribution is 0.149. The Hall–Kier alpha value is -0.650. The van der Waals surface area contributed by atoms with Gasteiger partial charge in [0.2, 0.25) is 0 Å². The summed E-state index contributed by atoms with van der Waals surface area (Å²) in [5, 5.41) is 13.0. The van der Waals surface area contributed by atoms with Crippen LogP contribution in [0.25, 0.3) is 0 Å². The van der Waals surface area contributed by atoms with E-state index in [0.29, 0.717) is 23.6 Å². The first-order valence-electron chi connectivity index (χ1n) is 5.43. The van der Waals surface area contributed by atoms with Crippen molar-refractivity contribution < 1.29 is 5.11 Å². The Kier molecular flexibility index (Phi) is 3.78. The van der Waals surface area contributed by atoms with Gasteiger partial charge in [-0.15, -0.1) is 0 Å². The van der Waals surface area contributed by atoms with Gasteiger partial charge in [-0.3, -0.25) is 4.79 Å². The first kappa shape index (κ1) is 11.8. The van der Waals surface area contributed by atoms with Crippen LogP contribution in [0.1, 0.15) is 12.8 Å². The molecule has 1 aliphatic rings. The minimum Gasteiger partial charge on any atom is -0.390 e. The van der Waals surface area contributed by atoms with Crippen LogP contribution in [0, 0.1) is 0 Å². The molecule has 1 aliphatic carbocycles. The van der Waals surface area contributed by atoms with Crippen LogP contribution in [0.15, 0.2) is 27.6 Å². The zero-order chi connectivity index (χ0) is 11.5. The maximum atomic E-state index is 11.6. The molecule has 1 aromatic rings. The maximum absolute atomic E-state index is 11.6. The summed E-state index contributed by atoms with van der Waals surface area (Å²) in [6, 6.07) is 4.06. The number of aliphatic hydroxyl groups is 1. The lowest BCUT2D eigenvalue weighted by Gasteiger charge is -2.13. The molecule has 0 spiro atoms. The Morgan fingerprint density at radius 3 is 3.06 bits per heavy atom. The fourth-order valence-electron chi connectivity index (χ4n) is 1.53. The number of hydrogen-bond acceptors (Lipinski definition) is 3. The van der Waals surface area contributed by atoms with E-state index in [4.69, 9.17) is 0 Å². The summed E-state index contributed by atoms with van der Waals surface area (Å²) in [5.41, 5.74) is -0.104. The molecular formula is C11H15BrN2O2. The highest BCUT2D eigenvalue weighted by Gasteiger charge is 2.21. The van der Waals surface area contributed by atoms with Gasteiger partial charge in [0.1, 0.15) is 0 Å². The highest BCUT2D eigenvalue weighted by molar-refractivity contribution is 9.10. The van der Waals surface area contributed by atoms with Gasteiger partial charge in [0, 0.05) is 18.8 Å². The third-order valence-corrected chi connectivity index (χ3v) is 3.20. The molecule has 0 aromatic carbocycles. The summed E-state index contributed by atoms with van der Waals surface area (Å²) in [6.07, 6.45) is 3.56. The van der Waals surface area contributed by atoms with E-state index in [2.05, 4.69) is 21.2 Å². The predicted molar refractivity (Wildman–Crippen MR) is 65.4 cm³/mol. The van der Waals surface area contributed by atoms with Crippen molar-refractivity contribution >= 4 is 15.9 Å². The van der Waals surface area contributed by atoms with Crippen LogP contribution in [-0.2, 0) is 6.54 Å². The van der Waals surface area contributed by atoms with Crippen LogP contribution >= 0.6 is 15.9 Å². The van der Waals surface area contributed by atoms with E-state index in [-0.39, 0.29) is 5.56 Å². The summed E-state index contributed by atoms with van der Waals surface area (Å²) in [6.45, 7) is 0.877. The summed E-state index contributed by atoms with van der Waals surface area (Å²) < 4.78 is 2.04.